The van der Waals surface area contributed by atoms with E-state index in [2.05, 4.69) is 5.32 Å². The lowest BCUT2D eigenvalue weighted by molar-refractivity contribution is 0.127. The Labute approximate surface area is 106 Å². The van der Waals surface area contributed by atoms with Crippen LogP contribution in [-0.2, 0) is 0 Å². The van der Waals surface area contributed by atoms with Crippen LogP contribution in [0.3, 0.4) is 0 Å². The second kappa shape index (κ2) is 6.00. The molecule has 0 spiro atoms. The van der Waals surface area contributed by atoms with Crippen molar-refractivity contribution in [3.05, 3.63) is 23.8 Å². The van der Waals surface area contributed by atoms with Gasteiger partial charge in [-0.2, -0.15) is 0 Å². The molecular formula is C13H20F2N2O. The molecule has 0 aliphatic carbocycles. The highest BCUT2D eigenvalue weighted by Crippen LogP contribution is 2.28. The molecule has 0 bridgehead atoms. The summed E-state index contributed by atoms with van der Waals surface area (Å²) in [5.74, 6) is -1.43. The van der Waals surface area contributed by atoms with Gasteiger partial charge in [0.05, 0.1) is 6.61 Å². The molecule has 5 heteroatoms. The first-order chi connectivity index (χ1) is 8.48. The Balaban J connectivity index is 2.86. The summed E-state index contributed by atoms with van der Waals surface area (Å²) in [6, 6.07) is 2.15. The van der Waals surface area contributed by atoms with Crippen LogP contribution in [0.5, 0.6) is 0 Å². The second-order valence-corrected chi connectivity index (χ2v) is 4.58. The number of aliphatic hydroxyl groups excluding tert-OH is 1. The van der Waals surface area contributed by atoms with Crippen LogP contribution in [0.1, 0.15) is 26.7 Å². The Kier molecular flexibility index (Phi) is 4.90. The predicted molar refractivity (Wildman–Crippen MR) is 69.4 cm³/mol. The van der Waals surface area contributed by atoms with Gasteiger partial charge in [0.2, 0.25) is 0 Å². The molecule has 4 N–H and O–H groups in total. The minimum atomic E-state index is -0.716. The van der Waals surface area contributed by atoms with Gasteiger partial charge in [0.25, 0.3) is 0 Å². The fraction of sp³-hybridized carbons (Fsp3) is 0.538. The van der Waals surface area contributed by atoms with Crippen molar-refractivity contribution >= 4 is 11.4 Å². The van der Waals surface area contributed by atoms with E-state index in [-0.39, 0.29) is 23.4 Å². The van der Waals surface area contributed by atoms with Crippen LogP contribution < -0.4 is 11.1 Å². The Hall–Kier alpha value is -1.36. The fourth-order valence-electron chi connectivity index (χ4n) is 1.82. The van der Waals surface area contributed by atoms with Crippen LogP contribution >= 0.6 is 0 Å². The summed E-state index contributed by atoms with van der Waals surface area (Å²) in [5.41, 5.74) is 4.84. The summed E-state index contributed by atoms with van der Waals surface area (Å²) in [4.78, 5) is 0. The lowest BCUT2D eigenvalue weighted by Crippen LogP contribution is -2.32. The largest absolute Gasteiger partial charge is 0.399 e. The van der Waals surface area contributed by atoms with Crippen LogP contribution in [0, 0.1) is 17.0 Å². The van der Waals surface area contributed by atoms with Gasteiger partial charge in [-0.3, -0.25) is 0 Å². The molecule has 0 atom stereocenters. The molecule has 1 aromatic carbocycles. The van der Waals surface area contributed by atoms with Crippen LogP contribution in [0.15, 0.2) is 12.1 Å². The van der Waals surface area contributed by atoms with E-state index in [1.165, 1.54) is 0 Å². The summed E-state index contributed by atoms with van der Waals surface area (Å²) in [6.07, 6.45) is 1.45. The number of nitrogens with two attached hydrogens (primary N) is 1. The zero-order valence-corrected chi connectivity index (χ0v) is 10.8. The lowest BCUT2D eigenvalue weighted by Gasteiger charge is -2.30. The molecule has 0 heterocycles. The number of aliphatic hydroxyl groups is 1. The van der Waals surface area contributed by atoms with E-state index in [0.717, 1.165) is 25.0 Å². The number of hydrogen-bond acceptors (Lipinski definition) is 3. The maximum absolute atomic E-state index is 13.6. The Bertz CT molecular complexity index is 375. The quantitative estimate of drug-likeness (QED) is 0.688. The molecule has 0 amide bonds. The molecule has 0 saturated carbocycles. The molecule has 1 rings (SSSR count). The average molecular weight is 258 g/mol. The molecule has 1 aromatic rings. The topological polar surface area (TPSA) is 58.3 Å². The van der Waals surface area contributed by atoms with Crippen molar-refractivity contribution in [3.63, 3.8) is 0 Å². The molecule has 0 unspecified atom stereocenters. The molecule has 0 fully saturated rings. The van der Waals surface area contributed by atoms with Gasteiger partial charge in [-0.15, -0.1) is 0 Å². The van der Waals surface area contributed by atoms with E-state index in [1.807, 2.05) is 13.8 Å². The first-order valence-electron chi connectivity index (χ1n) is 6.07. The van der Waals surface area contributed by atoms with Gasteiger partial charge in [0, 0.05) is 17.6 Å². The lowest BCUT2D eigenvalue weighted by atomic mass is 9.83. The number of hydrogen-bond donors (Lipinski definition) is 3. The molecule has 102 valence electrons. The molecule has 18 heavy (non-hydrogen) atoms. The molecule has 0 aliphatic heterocycles. The number of halogens is 2. The molecule has 0 aromatic heterocycles. The number of nitrogens with one attached hydrogen (secondary N) is 1. The van der Waals surface area contributed by atoms with E-state index >= 15 is 0 Å². The third-order valence-electron chi connectivity index (χ3n) is 3.54. The van der Waals surface area contributed by atoms with Crippen molar-refractivity contribution in [1.82, 2.24) is 0 Å². The smallest absolute Gasteiger partial charge is 0.151 e. The van der Waals surface area contributed by atoms with Crippen LogP contribution in [0.25, 0.3) is 0 Å². The van der Waals surface area contributed by atoms with E-state index in [4.69, 9.17) is 5.73 Å². The molecule has 3 nitrogen and oxygen atoms in total. The second-order valence-electron chi connectivity index (χ2n) is 4.58. The Morgan fingerprint density at radius 3 is 2.11 bits per heavy atom. The Morgan fingerprint density at radius 1 is 1.22 bits per heavy atom. The van der Waals surface area contributed by atoms with Gasteiger partial charge < -0.3 is 16.2 Å². The van der Waals surface area contributed by atoms with Gasteiger partial charge in [-0.25, -0.2) is 8.78 Å². The van der Waals surface area contributed by atoms with Crippen LogP contribution in [0.2, 0.25) is 0 Å². The maximum atomic E-state index is 13.6. The number of nitrogen functional groups attached to an aromatic ring is 1. The predicted octanol–water partition coefficient (Wildman–Crippen LogP) is 2.76. The monoisotopic (exact) mass is 258 g/mol. The SMILES string of the molecule is CCC(CC)(CO)CNc1c(F)cc(N)cc1F. The summed E-state index contributed by atoms with van der Waals surface area (Å²) >= 11 is 0. The number of rotatable bonds is 6. The number of anilines is 2. The first-order valence-corrected chi connectivity index (χ1v) is 6.07. The third kappa shape index (κ3) is 3.10. The Morgan fingerprint density at radius 2 is 1.72 bits per heavy atom. The van der Waals surface area contributed by atoms with Gasteiger partial charge >= 0.3 is 0 Å². The minimum absolute atomic E-state index is 0.0226. The zero-order valence-electron chi connectivity index (χ0n) is 10.8. The van der Waals surface area contributed by atoms with Gasteiger partial charge in [-0.1, -0.05) is 13.8 Å². The summed E-state index contributed by atoms with van der Waals surface area (Å²) in [7, 11) is 0. The number of benzene rings is 1. The normalized spacial score (nSPS) is 11.6. The first kappa shape index (κ1) is 14.7. The van der Waals surface area contributed by atoms with Gasteiger partial charge in [0.1, 0.15) is 5.69 Å². The van der Waals surface area contributed by atoms with Crippen molar-refractivity contribution in [3.8, 4) is 0 Å². The van der Waals surface area contributed by atoms with E-state index in [9.17, 15) is 13.9 Å². The van der Waals surface area contributed by atoms with Crippen molar-refractivity contribution in [2.45, 2.75) is 26.7 Å². The van der Waals surface area contributed by atoms with Gasteiger partial charge in [-0.05, 0) is 25.0 Å². The zero-order chi connectivity index (χ0) is 13.8. The van der Waals surface area contributed by atoms with Gasteiger partial charge in [0.15, 0.2) is 11.6 Å². The van der Waals surface area contributed by atoms with Crippen LogP contribution in [0.4, 0.5) is 20.2 Å². The molecule has 0 radical (unpaired) electrons. The highest BCUT2D eigenvalue weighted by Gasteiger charge is 2.26. The highest BCUT2D eigenvalue weighted by molar-refractivity contribution is 5.54. The summed E-state index contributed by atoms with van der Waals surface area (Å²) in [5, 5.41) is 12.1. The van der Waals surface area contributed by atoms with Crippen molar-refractivity contribution in [2.24, 2.45) is 5.41 Å². The standard InChI is InChI=1S/C13H20F2N2O/c1-3-13(4-2,8-18)7-17-12-10(14)5-9(16)6-11(12)15/h5-6,17-18H,3-4,7-8,16H2,1-2H3. The van der Waals surface area contributed by atoms with Crippen molar-refractivity contribution < 1.29 is 13.9 Å². The van der Waals surface area contributed by atoms with Crippen molar-refractivity contribution in [1.29, 1.82) is 0 Å². The van der Waals surface area contributed by atoms with E-state index < -0.39 is 11.6 Å². The minimum Gasteiger partial charge on any atom is -0.399 e. The third-order valence-corrected chi connectivity index (χ3v) is 3.54. The molecule has 0 saturated heterocycles. The molecular weight excluding hydrogens is 238 g/mol. The summed E-state index contributed by atoms with van der Waals surface area (Å²) < 4.78 is 27.1. The summed E-state index contributed by atoms with van der Waals surface area (Å²) in [6.45, 7) is 4.17. The van der Waals surface area contributed by atoms with Crippen LogP contribution in [-0.4, -0.2) is 18.3 Å². The van der Waals surface area contributed by atoms with E-state index in [1.54, 1.807) is 0 Å². The molecule has 0 aliphatic rings. The highest BCUT2D eigenvalue weighted by atomic mass is 19.1. The van der Waals surface area contributed by atoms with E-state index in [0.29, 0.717) is 6.54 Å². The average Bonchev–Trinajstić information content (AvgIpc) is 2.33. The fourth-order valence-corrected chi connectivity index (χ4v) is 1.82. The maximum Gasteiger partial charge on any atom is 0.151 e. The van der Waals surface area contributed by atoms with Crippen molar-refractivity contribution in [2.75, 3.05) is 24.2 Å².